The van der Waals surface area contributed by atoms with E-state index >= 15 is 0 Å². The largest absolute Gasteiger partial charge is 0.373 e. The number of benzene rings is 1. The van der Waals surface area contributed by atoms with Gasteiger partial charge in [0.15, 0.2) is 0 Å². The van der Waals surface area contributed by atoms with Crippen molar-refractivity contribution in [1.29, 1.82) is 0 Å². The number of nitrogens with one attached hydrogen (secondary N) is 3. The van der Waals surface area contributed by atoms with Crippen molar-refractivity contribution >= 4 is 21.8 Å². The third-order valence-electron chi connectivity index (χ3n) is 4.27. The molecule has 0 unspecified atom stereocenters. The van der Waals surface area contributed by atoms with E-state index in [9.17, 15) is 18.0 Å². The molecule has 1 aliphatic rings. The van der Waals surface area contributed by atoms with Gasteiger partial charge in [0.05, 0.1) is 17.1 Å². The predicted octanol–water partition coefficient (Wildman–Crippen LogP) is 0.887. The van der Waals surface area contributed by atoms with Gasteiger partial charge in [-0.3, -0.25) is 20.4 Å². The smallest absolute Gasteiger partial charge is 0.286 e. The molecule has 0 radical (unpaired) electrons. The number of sulfonamides is 1. The molecule has 1 aromatic carbocycles. The standard InChI is InChI=1S/C18H22N4O5S/c1-12-10-22(11-13(2)27-12)28(25,26)15-7-5-14(6-8-15)17(23)20-21-18(24)16-4-3-9-19-16/h3-9,12-13,19H,10-11H2,1-2H3,(H,20,23)(H,21,24)/t12-,13-/m1/s1. The van der Waals surface area contributed by atoms with Crippen LogP contribution >= 0.6 is 0 Å². The highest BCUT2D eigenvalue weighted by Crippen LogP contribution is 2.21. The van der Waals surface area contributed by atoms with E-state index in [4.69, 9.17) is 4.74 Å². The number of carbonyl (C=O) groups excluding carboxylic acids is 2. The third-order valence-corrected chi connectivity index (χ3v) is 6.12. The maximum atomic E-state index is 12.8. The maximum Gasteiger partial charge on any atom is 0.286 e. The molecule has 0 bridgehead atoms. The minimum Gasteiger partial charge on any atom is -0.373 e. The normalized spacial score (nSPS) is 20.5. The van der Waals surface area contributed by atoms with Gasteiger partial charge in [-0.25, -0.2) is 8.42 Å². The number of hydrogen-bond acceptors (Lipinski definition) is 5. The number of carbonyl (C=O) groups is 2. The van der Waals surface area contributed by atoms with E-state index in [1.807, 2.05) is 13.8 Å². The molecule has 10 heteroatoms. The lowest BCUT2D eigenvalue weighted by atomic mass is 10.2. The van der Waals surface area contributed by atoms with Crippen LogP contribution in [0.1, 0.15) is 34.7 Å². The second-order valence-electron chi connectivity index (χ2n) is 6.60. The quantitative estimate of drug-likeness (QED) is 0.651. The topological polar surface area (TPSA) is 121 Å². The van der Waals surface area contributed by atoms with Gasteiger partial charge in [-0.15, -0.1) is 0 Å². The molecule has 0 spiro atoms. The van der Waals surface area contributed by atoms with Crippen LogP contribution in [-0.2, 0) is 14.8 Å². The fraction of sp³-hybridized carbons (Fsp3) is 0.333. The van der Waals surface area contributed by atoms with Crippen molar-refractivity contribution < 1.29 is 22.7 Å². The molecule has 1 aromatic heterocycles. The highest BCUT2D eigenvalue weighted by atomic mass is 32.2. The second kappa shape index (κ2) is 8.13. The van der Waals surface area contributed by atoms with Gasteiger partial charge in [-0.1, -0.05) is 0 Å². The molecule has 2 heterocycles. The lowest BCUT2D eigenvalue weighted by Crippen LogP contribution is -2.48. The second-order valence-corrected chi connectivity index (χ2v) is 8.53. The van der Waals surface area contributed by atoms with Crippen molar-refractivity contribution in [3.05, 3.63) is 53.9 Å². The Morgan fingerprint density at radius 3 is 2.21 bits per heavy atom. The Labute approximate surface area is 163 Å². The molecule has 1 fully saturated rings. The summed E-state index contributed by atoms with van der Waals surface area (Å²) < 4.78 is 32.6. The molecule has 150 valence electrons. The molecule has 9 nitrogen and oxygen atoms in total. The van der Waals surface area contributed by atoms with Crippen LogP contribution in [0.3, 0.4) is 0 Å². The van der Waals surface area contributed by atoms with E-state index < -0.39 is 21.8 Å². The van der Waals surface area contributed by atoms with E-state index in [0.717, 1.165) is 0 Å². The molecule has 2 aromatic rings. The number of morpholine rings is 1. The van der Waals surface area contributed by atoms with Gasteiger partial charge in [0.2, 0.25) is 10.0 Å². The minimum atomic E-state index is -3.68. The Hall–Kier alpha value is -2.69. The molecule has 1 saturated heterocycles. The Morgan fingerprint density at radius 2 is 1.64 bits per heavy atom. The number of hydrazine groups is 1. The Balaban J connectivity index is 1.65. The fourth-order valence-electron chi connectivity index (χ4n) is 2.98. The lowest BCUT2D eigenvalue weighted by molar-refractivity contribution is -0.0440. The number of amides is 2. The molecule has 2 atom stereocenters. The van der Waals surface area contributed by atoms with Crippen LogP contribution in [0, 0.1) is 0 Å². The van der Waals surface area contributed by atoms with Gasteiger partial charge in [0, 0.05) is 24.8 Å². The van der Waals surface area contributed by atoms with Crippen molar-refractivity contribution in [1.82, 2.24) is 20.1 Å². The summed E-state index contributed by atoms with van der Waals surface area (Å²) in [5.74, 6) is -1.05. The number of rotatable bonds is 4. The molecule has 3 N–H and O–H groups in total. The van der Waals surface area contributed by atoms with Crippen LogP contribution in [-0.4, -0.2) is 54.8 Å². The van der Waals surface area contributed by atoms with Crippen molar-refractivity contribution in [3.8, 4) is 0 Å². The van der Waals surface area contributed by atoms with Crippen LogP contribution in [0.4, 0.5) is 0 Å². The highest BCUT2D eigenvalue weighted by molar-refractivity contribution is 7.89. The Morgan fingerprint density at radius 1 is 1.04 bits per heavy atom. The summed E-state index contributed by atoms with van der Waals surface area (Å²) in [5.41, 5.74) is 5.08. The first-order chi connectivity index (χ1) is 13.3. The zero-order chi connectivity index (χ0) is 20.3. The first-order valence-electron chi connectivity index (χ1n) is 8.77. The Bertz CT molecular complexity index is 931. The predicted molar refractivity (Wildman–Crippen MR) is 101 cm³/mol. The number of hydrogen-bond donors (Lipinski definition) is 3. The number of ether oxygens (including phenoxy) is 1. The van der Waals surface area contributed by atoms with Gasteiger partial charge in [-0.05, 0) is 50.2 Å². The summed E-state index contributed by atoms with van der Waals surface area (Å²) in [5, 5.41) is 0. The number of H-pyrrole nitrogens is 1. The summed E-state index contributed by atoms with van der Waals surface area (Å²) in [7, 11) is -3.68. The van der Waals surface area contributed by atoms with Gasteiger partial charge in [-0.2, -0.15) is 4.31 Å². The zero-order valence-corrected chi connectivity index (χ0v) is 16.3. The summed E-state index contributed by atoms with van der Waals surface area (Å²) in [4.78, 5) is 26.8. The van der Waals surface area contributed by atoms with E-state index in [2.05, 4.69) is 15.8 Å². The van der Waals surface area contributed by atoms with Crippen LogP contribution in [0.15, 0.2) is 47.5 Å². The van der Waals surface area contributed by atoms with Crippen LogP contribution < -0.4 is 10.9 Å². The summed E-state index contributed by atoms with van der Waals surface area (Å²) in [6, 6.07) is 8.77. The van der Waals surface area contributed by atoms with Gasteiger partial charge in [0.1, 0.15) is 5.69 Å². The van der Waals surface area contributed by atoms with Crippen LogP contribution in [0.2, 0.25) is 0 Å². The average molecular weight is 406 g/mol. The summed E-state index contributed by atoms with van der Waals surface area (Å²) in [6.45, 7) is 4.21. The van der Waals surface area contributed by atoms with E-state index in [1.54, 1.807) is 18.3 Å². The van der Waals surface area contributed by atoms with Crippen molar-refractivity contribution in [2.45, 2.75) is 31.0 Å². The maximum absolute atomic E-state index is 12.8. The Kier molecular flexibility index (Phi) is 5.82. The minimum absolute atomic E-state index is 0.0979. The fourth-order valence-corrected chi connectivity index (χ4v) is 4.57. The SMILES string of the molecule is C[C@@H]1CN(S(=O)(=O)c2ccc(C(=O)NNC(=O)c3ccc[nH]3)cc2)C[C@@H](C)O1. The van der Waals surface area contributed by atoms with E-state index in [-0.39, 0.29) is 35.8 Å². The number of aromatic nitrogens is 1. The lowest BCUT2D eigenvalue weighted by Gasteiger charge is -2.34. The highest BCUT2D eigenvalue weighted by Gasteiger charge is 2.32. The first kappa shape index (κ1) is 20.1. The molecular weight excluding hydrogens is 384 g/mol. The van der Waals surface area contributed by atoms with Crippen LogP contribution in [0.25, 0.3) is 0 Å². The van der Waals surface area contributed by atoms with Gasteiger partial charge < -0.3 is 9.72 Å². The molecular formula is C18H22N4O5S. The van der Waals surface area contributed by atoms with E-state index in [1.165, 1.54) is 28.6 Å². The molecule has 2 amide bonds. The first-order valence-corrected chi connectivity index (χ1v) is 10.2. The van der Waals surface area contributed by atoms with Crippen molar-refractivity contribution in [2.75, 3.05) is 13.1 Å². The van der Waals surface area contributed by atoms with Crippen molar-refractivity contribution in [2.24, 2.45) is 0 Å². The molecule has 0 saturated carbocycles. The van der Waals surface area contributed by atoms with E-state index in [0.29, 0.717) is 5.69 Å². The molecule has 0 aliphatic carbocycles. The molecule has 3 rings (SSSR count). The zero-order valence-electron chi connectivity index (χ0n) is 15.5. The number of aromatic amines is 1. The van der Waals surface area contributed by atoms with Crippen molar-refractivity contribution in [3.63, 3.8) is 0 Å². The van der Waals surface area contributed by atoms with Gasteiger partial charge >= 0.3 is 0 Å². The molecule has 1 aliphatic heterocycles. The third kappa shape index (κ3) is 4.41. The van der Waals surface area contributed by atoms with Crippen LogP contribution in [0.5, 0.6) is 0 Å². The summed E-state index contributed by atoms with van der Waals surface area (Å²) >= 11 is 0. The monoisotopic (exact) mass is 406 g/mol. The molecule has 28 heavy (non-hydrogen) atoms. The van der Waals surface area contributed by atoms with Gasteiger partial charge in [0.25, 0.3) is 11.8 Å². The number of nitrogens with zero attached hydrogens (tertiary/aromatic N) is 1. The average Bonchev–Trinajstić information content (AvgIpc) is 3.20. The summed E-state index contributed by atoms with van der Waals surface area (Å²) in [6.07, 6.45) is 1.21.